The molecule has 1 aromatic rings. The van der Waals surface area contributed by atoms with Gasteiger partial charge in [-0.2, -0.15) is 0 Å². The number of nitrogens with zero attached hydrogens (tertiary/aromatic N) is 3. The Hall–Kier alpha value is -1.64. The molecule has 2 aliphatic heterocycles. The van der Waals surface area contributed by atoms with E-state index in [2.05, 4.69) is 5.32 Å². The van der Waals surface area contributed by atoms with E-state index in [0.717, 1.165) is 0 Å². The second-order valence-corrected chi connectivity index (χ2v) is 8.23. The van der Waals surface area contributed by atoms with E-state index in [0.29, 0.717) is 24.6 Å². The maximum absolute atomic E-state index is 13.1. The van der Waals surface area contributed by atoms with E-state index in [9.17, 15) is 13.2 Å². The summed E-state index contributed by atoms with van der Waals surface area (Å²) < 4.78 is 27.6. The smallest absolute Gasteiger partial charge is 0.252 e. The minimum absolute atomic E-state index is 0.0827. The van der Waals surface area contributed by atoms with Crippen molar-refractivity contribution in [1.29, 1.82) is 0 Å². The van der Waals surface area contributed by atoms with Gasteiger partial charge in [-0.05, 0) is 26.1 Å². The second kappa shape index (κ2) is 5.77. The predicted molar refractivity (Wildman–Crippen MR) is 89.8 cm³/mol. The Morgan fingerprint density at radius 1 is 1.22 bits per heavy atom. The number of sulfonamides is 1. The topological polar surface area (TPSA) is 73.0 Å². The van der Waals surface area contributed by atoms with E-state index in [1.165, 1.54) is 11.2 Å². The molecular formula is C15H22N4O3S. The normalized spacial score (nSPS) is 25.5. The SMILES string of the molecule is CC(=O)N1c2ccccc2N(S(=O)(=O)C2CN(C)CN2)C[C@@H]1C. The highest BCUT2D eigenvalue weighted by molar-refractivity contribution is 7.93. The molecular weight excluding hydrogens is 316 g/mol. The molecule has 0 spiro atoms. The lowest BCUT2D eigenvalue weighted by Crippen LogP contribution is -2.54. The van der Waals surface area contributed by atoms with Gasteiger partial charge in [0, 0.05) is 20.1 Å². The van der Waals surface area contributed by atoms with Crippen LogP contribution in [0.2, 0.25) is 0 Å². The van der Waals surface area contributed by atoms with E-state index in [1.807, 2.05) is 24.9 Å². The number of para-hydroxylation sites is 2. The number of amides is 1. The summed E-state index contributed by atoms with van der Waals surface area (Å²) in [5.41, 5.74) is 1.21. The van der Waals surface area contributed by atoms with Crippen LogP contribution in [-0.4, -0.2) is 57.4 Å². The number of benzene rings is 1. The molecule has 3 rings (SSSR count). The fraction of sp³-hybridized carbons (Fsp3) is 0.533. The number of rotatable bonds is 2. The van der Waals surface area contributed by atoms with Crippen molar-refractivity contribution < 1.29 is 13.2 Å². The van der Waals surface area contributed by atoms with Crippen molar-refractivity contribution in [2.45, 2.75) is 25.3 Å². The Balaban J connectivity index is 2.04. The summed E-state index contributed by atoms with van der Waals surface area (Å²) in [5, 5.41) is 2.41. The van der Waals surface area contributed by atoms with Gasteiger partial charge in [0.2, 0.25) is 5.91 Å². The number of anilines is 2. The van der Waals surface area contributed by atoms with Crippen molar-refractivity contribution >= 4 is 27.3 Å². The molecule has 1 saturated heterocycles. The third kappa shape index (κ3) is 2.71. The lowest BCUT2D eigenvalue weighted by atomic mass is 10.1. The number of carbonyl (C=O) groups is 1. The van der Waals surface area contributed by atoms with Crippen LogP contribution in [0.4, 0.5) is 11.4 Å². The molecule has 1 unspecified atom stereocenters. The molecule has 2 atom stereocenters. The Morgan fingerprint density at radius 3 is 2.43 bits per heavy atom. The Kier molecular flexibility index (Phi) is 4.07. The summed E-state index contributed by atoms with van der Waals surface area (Å²) in [6, 6.07) is 6.95. The summed E-state index contributed by atoms with van der Waals surface area (Å²) in [5.74, 6) is -0.0827. The van der Waals surface area contributed by atoms with E-state index < -0.39 is 15.4 Å². The van der Waals surface area contributed by atoms with Crippen LogP contribution in [0.5, 0.6) is 0 Å². The largest absolute Gasteiger partial charge is 0.306 e. The molecule has 2 heterocycles. The van der Waals surface area contributed by atoms with Gasteiger partial charge in [0.25, 0.3) is 10.0 Å². The first kappa shape index (κ1) is 16.2. The summed E-state index contributed by atoms with van der Waals surface area (Å²) in [6.07, 6.45) is 0. The van der Waals surface area contributed by atoms with Gasteiger partial charge in [-0.15, -0.1) is 0 Å². The van der Waals surface area contributed by atoms with Gasteiger partial charge in [-0.3, -0.25) is 19.3 Å². The van der Waals surface area contributed by atoms with Gasteiger partial charge in [0.1, 0.15) is 5.37 Å². The van der Waals surface area contributed by atoms with Crippen molar-refractivity contribution in [2.75, 3.05) is 36.0 Å². The molecule has 23 heavy (non-hydrogen) atoms. The van der Waals surface area contributed by atoms with E-state index in [-0.39, 0.29) is 18.5 Å². The Labute approximate surface area is 136 Å². The third-order valence-corrected chi connectivity index (χ3v) is 6.35. The molecule has 1 fully saturated rings. The van der Waals surface area contributed by atoms with Crippen molar-refractivity contribution in [2.24, 2.45) is 0 Å². The molecule has 1 aromatic carbocycles. The van der Waals surface area contributed by atoms with Gasteiger partial charge in [0.15, 0.2) is 0 Å². The molecule has 1 N–H and O–H groups in total. The monoisotopic (exact) mass is 338 g/mol. The fourth-order valence-electron chi connectivity index (χ4n) is 3.28. The minimum Gasteiger partial charge on any atom is -0.306 e. The summed E-state index contributed by atoms with van der Waals surface area (Å²) in [6.45, 7) is 4.64. The first-order chi connectivity index (χ1) is 10.8. The van der Waals surface area contributed by atoms with Crippen molar-refractivity contribution in [3.8, 4) is 0 Å². The lowest BCUT2D eigenvalue weighted by Gasteiger charge is -2.41. The van der Waals surface area contributed by atoms with Gasteiger partial charge < -0.3 is 4.90 Å². The molecule has 126 valence electrons. The number of fused-ring (bicyclic) bond motifs is 1. The average Bonchev–Trinajstić information content (AvgIpc) is 2.93. The highest BCUT2D eigenvalue weighted by Gasteiger charge is 2.41. The van der Waals surface area contributed by atoms with Gasteiger partial charge >= 0.3 is 0 Å². The van der Waals surface area contributed by atoms with Crippen LogP contribution in [0, 0.1) is 0 Å². The zero-order valence-corrected chi connectivity index (χ0v) is 14.4. The molecule has 8 heteroatoms. The maximum atomic E-state index is 13.1. The Morgan fingerprint density at radius 2 is 1.87 bits per heavy atom. The predicted octanol–water partition coefficient (Wildman–Crippen LogP) is 0.396. The number of hydrogen-bond donors (Lipinski definition) is 1. The molecule has 1 amide bonds. The zero-order valence-electron chi connectivity index (χ0n) is 13.6. The second-order valence-electron chi connectivity index (χ2n) is 6.19. The number of nitrogens with one attached hydrogen (secondary N) is 1. The van der Waals surface area contributed by atoms with Crippen LogP contribution in [0.1, 0.15) is 13.8 Å². The zero-order chi connectivity index (χ0) is 16.8. The molecule has 2 aliphatic rings. The third-order valence-electron chi connectivity index (χ3n) is 4.35. The van der Waals surface area contributed by atoms with E-state index >= 15 is 0 Å². The van der Waals surface area contributed by atoms with Gasteiger partial charge in [-0.1, -0.05) is 12.1 Å². The van der Waals surface area contributed by atoms with Crippen LogP contribution < -0.4 is 14.5 Å². The fourth-order valence-corrected chi connectivity index (χ4v) is 5.17. The first-order valence-electron chi connectivity index (χ1n) is 7.64. The van der Waals surface area contributed by atoms with Gasteiger partial charge in [0.05, 0.1) is 24.0 Å². The molecule has 7 nitrogen and oxygen atoms in total. The highest BCUT2D eigenvalue weighted by Crippen LogP contribution is 2.37. The number of hydrogen-bond acceptors (Lipinski definition) is 5. The first-order valence-corrected chi connectivity index (χ1v) is 9.15. The van der Waals surface area contributed by atoms with Crippen molar-refractivity contribution in [3.63, 3.8) is 0 Å². The molecule has 0 aliphatic carbocycles. The van der Waals surface area contributed by atoms with Crippen molar-refractivity contribution in [3.05, 3.63) is 24.3 Å². The van der Waals surface area contributed by atoms with Crippen LogP contribution in [0.3, 0.4) is 0 Å². The van der Waals surface area contributed by atoms with E-state index in [4.69, 9.17) is 0 Å². The van der Waals surface area contributed by atoms with Crippen LogP contribution >= 0.6 is 0 Å². The van der Waals surface area contributed by atoms with Crippen LogP contribution in [-0.2, 0) is 14.8 Å². The molecule has 0 aromatic heterocycles. The summed E-state index contributed by atoms with van der Waals surface area (Å²) in [4.78, 5) is 15.6. The molecule has 0 saturated carbocycles. The lowest BCUT2D eigenvalue weighted by molar-refractivity contribution is -0.117. The highest BCUT2D eigenvalue weighted by atomic mass is 32.2. The Bertz CT molecular complexity index is 721. The van der Waals surface area contributed by atoms with Crippen LogP contribution in [0.25, 0.3) is 0 Å². The van der Waals surface area contributed by atoms with Crippen molar-refractivity contribution in [1.82, 2.24) is 10.2 Å². The average molecular weight is 338 g/mol. The van der Waals surface area contributed by atoms with Crippen LogP contribution in [0.15, 0.2) is 24.3 Å². The standard InChI is InChI=1S/C15H22N4O3S/c1-11-8-18(23(21,22)15-9-17(3)10-16-15)13-6-4-5-7-14(13)19(11)12(2)20/h4-7,11,15-16H,8-10H2,1-3H3/t11-,15?/m0/s1. The molecule has 0 radical (unpaired) electrons. The quantitative estimate of drug-likeness (QED) is 0.845. The minimum atomic E-state index is -3.55. The molecule has 0 bridgehead atoms. The summed E-state index contributed by atoms with van der Waals surface area (Å²) in [7, 11) is -1.67. The summed E-state index contributed by atoms with van der Waals surface area (Å²) >= 11 is 0. The number of likely N-dealkylation sites (N-methyl/N-ethyl adjacent to an activating group) is 1. The van der Waals surface area contributed by atoms with E-state index in [1.54, 1.807) is 23.1 Å². The van der Waals surface area contributed by atoms with Gasteiger partial charge in [-0.25, -0.2) is 8.42 Å². The maximum Gasteiger partial charge on any atom is 0.252 e. The number of carbonyl (C=O) groups excluding carboxylic acids is 1.